The van der Waals surface area contributed by atoms with Crippen molar-refractivity contribution in [2.45, 2.75) is 27.7 Å². The summed E-state index contributed by atoms with van der Waals surface area (Å²) in [4.78, 5) is 28.8. The lowest BCUT2D eigenvalue weighted by Crippen LogP contribution is -2.23. The number of amides is 1. The molecule has 1 aromatic carbocycles. The fourth-order valence-electron chi connectivity index (χ4n) is 3.06. The van der Waals surface area contributed by atoms with E-state index in [1.165, 1.54) is 11.3 Å². The van der Waals surface area contributed by atoms with Gasteiger partial charge in [0, 0.05) is 28.5 Å². The smallest absolute Gasteiger partial charge is 0.298 e. The lowest BCUT2D eigenvalue weighted by molar-refractivity contribution is -0.112. The third-order valence-electron chi connectivity index (χ3n) is 4.20. The van der Waals surface area contributed by atoms with E-state index in [0.29, 0.717) is 10.7 Å². The number of carbonyl (C=O) groups is 2. The monoisotopic (exact) mass is 353 g/mol. The molecule has 1 N–H and O–H groups in total. The third-order valence-corrected chi connectivity index (χ3v) is 4.89. The maximum atomic E-state index is 12.6. The van der Waals surface area contributed by atoms with Crippen molar-refractivity contribution in [2.75, 3.05) is 5.32 Å². The molecule has 0 aliphatic rings. The first-order chi connectivity index (χ1) is 11.9. The number of rotatable bonds is 4. The highest BCUT2D eigenvalue weighted by Crippen LogP contribution is 2.26. The van der Waals surface area contributed by atoms with Crippen molar-refractivity contribution < 1.29 is 9.59 Å². The molecule has 0 saturated heterocycles. The molecule has 0 unspecified atom stereocenters. The minimum atomic E-state index is -0.670. The van der Waals surface area contributed by atoms with Crippen LogP contribution in [0.4, 0.5) is 5.13 Å². The molecule has 2 aromatic heterocycles. The van der Waals surface area contributed by atoms with E-state index in [2.05, 4.69) is 10.3 Å². The molecule has 0 atom stereocenters. The van der Waals surface area contributed by atoms with E-state index >= 15 is 0 Å². The van der Waals surface area contributed by atoms with E-state index in [0.717, 1.165) is 28.2 Å². The first-order valence-electron chi connectivity index (χ1n) is 7.91. The number of aromatic nitrogens is 2. The highest BCUT2D eigenvalue weighted by Gasteiger charge is 2.24. The van der Waals surface area contributed by atoms with Gasteiger partial charge in [-0.15, -0.1) is 11.3 Å². The molecule has 0 aliphatic carbocycles. The van der Waals surface area contributed by atoms with Crippen molar-refractivity contribution in [1.29, 1.82) is 0 Å². The number of carbonyl (C=O) groups excluding carboxylic acids is 2. The zero-order valence-electron chi connectivity index (χ0n) is 14.6. The van der Waals surface area contributed by atoms with Gasteiger partial charge >= 0.3 is 0 Å². The fourth-order valence-corrected chi connectivity index (χ4v) is 3.58. The molecule has 0 bridgehead atoms. The predicted molar refractivity (Wildman–Crippen MR) is 99.8 cm³/mol. The molecule has 25 heavy (non-hydrogen) atoms. The molecule has 3 rings (SSSR count). The lowest BCUT2D eigenvalue weighted by Gasteiger charge is -2.15. The molecule has 3 aromatic rings. The number of thiazole rings is 1. The van der Waals surface area contributed by atoms with Gasteiger partial charge < -0.3 is 4.57 Å². The number of hydrogen-bond donors (Lipinski definition) is 1. The number of nitrogens with one attached hydrogen (secondary N) is 1. The average molecular weight is 353 g/mol. The van der Waals surface area contributed by atoms with E-state index < -0.39 is 11.7 Å². The van der Waals surface area contributed by atoms with Crippen LogP contribution in [0, 0.1) is 27.7 Å². The molecule has 6 heteroatoms. The van der Waals surface area contributed by atoms with Crippen LogP contribution in [0.15, 0.2) is 35.8 Å². The van der Waals surface area contributed by atoms with E-state index in [9.17, 15) is 9.59 Å². The van der Waals surface area contributed by atoms with Crippen molar-refractivity contribution in [3.05, 3.63) is 63.9 Å². The molecule has 128 valence electrons. The van der Waals surface area contributed by atoms with Gasteiger partial charge in [0.25, 0.3) is 11.7 Å². The van der Waals surface area contributed by atoms with Gasteiger partial charge in [-0.05, 0) is 44.9 Å². The van der Waals surface area contributed by atoms with E-state index in [1.54, 1.807) is 17.6 Å². The molecule has 0 radical (unpaired) electrons. The Kier molecular flexibility index (Phi) is 4.55. The molecule has 2 heterocycles. The Morgan fingerprint density at radius 1 is 1.12 bits per heavy atom. The summed E-state index contributed by atoms with van der Waals surface area (Å²) in [5.41, 5.74) is 5.38. The van der Waals surface area contributed by atoms with Gasteiger partial charge in [-0.1, -0.05) is 18.2 Å². The summed E-state index contributed by atoms with van der Waals surface area (Å²) >= 11 is 1.28. The van der Waals surface area contributed by atoms with Crippen LogP contribution >= 0.6 is 11.3 Å². The third kappa shape index (κ3) is 3.13. The zero-order valence-corrected chi connectivity index (χ0v) is 15.4. The Balaban J connectivity index is 2.00. The number of Topliss-reactive ketones (excluding diaryl/α,β-unsaturated/α-hetero) is 1. The van der Waals surface area contributed by atoms with Crippen molar-refractivity contribution in [3.8, 4) is 5.69 Å². The second-order valence-electron chi connectivity index (χ2n) is 5.98. The summed E-state index contributed by atoms with van der Waals surface area (Å²) in [6.07, 6.45) is 1.58. The number of nitrogens with zero attached hydrogens (tertiary/aromatic N) is 2. The first kappa shape index (κ1) is 17.1. The van der Waals surface area contributed by atoms with Crippen LogP contribution in [0.1, 0.15) is 32.9 Å². The molecular formula is C19H19N3O2S. The van der Waals surface area contributed by atoms with E-state index in [1.807, 2.05) is 50.5 Å². The Morgan fingerprint density at radius 2 is 1.80 bits per heavy atom. The number of ketones is 1. The lowest BCUT2D eigenvalue weighted by atomic mass is 10.1. The normalized spacial score (nSPS) is 10.7. The van der Waals surface area contributed by atoms with Gasteiger partial charge in [0.05, 0.1) is 5.69 Å². The molecule has 0 spiro atoms. The van der Waals surface area contributed by atoms with Gasteiger partial charge in [0.15, 0.2) is 5.13 Å². The highest BCUT2D eigenvalue weighted by molar-refractivity contribution is 7.13. The standard InChI is InChI=1S/C19H19N3O2S/c1-11-6-5-7-12(2)16(11)22-13(3)10-15(14(22)4)17(23)18(24)21-19-20-8-9-25-19/h5-10H,1-4H3,(H,20,21,24). The SMILES string of the molecule is Cc1cccc(C)c1-n1c(C)cc(C(=O)C(=O)Nc2nccs2)c1C. The molecule has 0 fully saturated rings. The van der Waals surface area contributed by atoms with Gasteiger partial charge in [0.2, 0.25) is 0 Å². The van der Waals surface area contributed by atoms with Gasteiger partial charge in [-0.2, -0.15) is 0 Å². The summed E-state index contributed by atoms with van der Waals surface area (Å²) in [5.74, 6) is -1.22. The van der Waals surface area contributed by atoms with Crippen LogP contribution in [0.25, 0.3) is 5.69 Å². The minimum absolute atomic E-state index is 0.411. The summed E-state index contributed by atoms with van der Waals surface area (Å²) < 4.78 is 2.04. The number of benzene rings is 1. The zero-order chi connectivity index (χ0) is 18.1. The van der Waals surface area contributed by atoms with Crippen LogP contribution in [0.2, 0.25) is 0 Å². The maximum Gasteiger partial charge on any atom is 0.298 e. The first-order valence-corrected chi connectivity index (χ1v) is 8.79. The Labute approximate surface area is 150 Å². The van der Waals surface area contributed by atoms with Crippen LogP contribution in [0.5, 0.6) is 0 Å². The quantitative estimate of drug-likeness (QED) is 0.570. The van der Waals surface area contributed by atoms with Crippen LogP contribution in [-0.4, -0.2) is 21.2 Å². The van der Waals surface area contributed by atoms with Crippen molar-refractivity contribution in [1.82, 2.24) is 9.55 Å². The second kappa shape index (κ2) is 6.64. The van der Waals surface area contributed by atoms with Gasteiger partial charge in [0.1, 0.15) is 0 Å². The van der Waals surface area contributed by atoms with Crippen molar-refractivity contribution in [3.63, 3.8) is 0 Å². The van der Waals surface area contributed by atoms with Crippen LogP contribution in [0.3, 0.4) is 0 Å². The molecule has 0 aliphatic heterocycles. The summed E-state index contributed by atoms with van der Waals surface area (Å²) in [6, 6.07) is 7.86. The molecule has 1 amide bonds. The second-order valence-corrected chi connectivity index (χ2v) is 6.88. The highest BCUT2D eigenvalue weighted by atomic mass is 32.1. The molecule has 0 saturated carbocycles. The maximum absolute atomic E-state index is 12.6. The predicted octanol–water partition coefficient (Wildman–Crippen LogP) is 3.99. The average Bonchev–Trinajstić information content (AvgIpc) is 3.16. The molecule has 5 nitrogen and oxygen atoms in total. The summed E-state index contributed by atoms with van der Waals surface area (Å²) in [5, 5.41) is 4.71. The number of anilines is 1. The molecular weight excluding hydrogens is 334 g/mol. The fraction of sp³-hybridized carbons (Fsp3) is 0.211. The van der Waals surface area contributed by atoms with Gasteiger partial charge in [-0.3, -0.25) is 14.9 Å². The minimum Gasteiger partial charge on any atom is -0.317 e. The van der Waals surface area contributed by atoms with Crippen molar-refractivity contribution in [2.24, 2.45) is 0 Å². The summed E-state index contributed by atoms with van der Waals surface area (Å²) in [7, 11) is 0. The Bertz CT molecular complexity index is 935. The van der Waals surface area contributed by atoms with Gasteiger partial charge in [-0.25, -0.2) is 4.98 Å². The van der Waals surface area contributed by atoms with Crippen LogP contribution in [-0.2, 0) is 4.79 Å². The Morgan fingerprint density at radius 3 is 2.40 bits per heavy atom. The van der Waals surface area contributed by atoms with Crippen LogP contribution < -0.4 is 5.32 Å². The van der Waals surface area contributed by atoms with E-state index in [4.69, 9.17) is 0 Å². The number of para-hydroxylation sites is 1. The topological polar surface area (TPSA) is 64.0 Å². The largest absolute Gasteiger partial charge is 0.317 e. The number of aryl methyl sites for hydroxylation is 3. The van der Waals surface area contributed by atoms with Crippen molar-refractivity contribution >= 4 is 28.2 Å². The van der Waals surface area contributed by atoms with E-state index in [-0.39, 0.29) is 0 Å². The summed E-state index contributed by atoms with van der Waals surface area (Å²) in [6.45, 7) is 7.88. The number of hydrogen-bond acceptors (Lipinski definition) is 4. The Hall–Kier alpha value is -2.73.